The third kappa shape index (κ3) is 7.02. The minimum atomic E-state index is -0.165. The molecule has 11 aromatic carbocycles. The summed E-state index contributed by atoms with van der Waals surface area (Å²) in [5.74, 6) is 0. The van der Waals surface area contributed by atoms with Crippen LogP contribution < -0.4 is 0 Å². The molecule has 77 heavy (non-hydrogen) atoms. The molecule has 0 radical (unpaired) electrons. The lowest BCUT2D eigenvalue weighted by Gasteiger charge is -2.24. The van der Waals surface area contributed by atoms with E-state index in [9.17, 15) is 0 Å². The van der Waals surface area contributed by atoms with E-state index in [1.54, 1.807) is 0 Å². The predicted molar refractivity (Wildman–Crippen MR) is 327 cm³/mol. The number of aryl methyl sites for hydroxylation is 1. The van der Waals surface area contributed by atoms with Crippen LogP contribution in [0, 0.1) is 6.92 Å². The lowest BCUT2D eigenvalue weighted by atomic mass is 9.79. The normalized spacial score (nSPS) is 13.9. The van der Waals surface area contributed by atoms with Crippen LogP contribution in [0.3, 0.4) is 0 Å². The van der Waals surface area contributed by atoms with Gasteiger partial charge in [-0.15, -0.1) is 0 Å². The molecule has 2 aliphatic carbocycles. The van der Waals surface area contributed by atoms with Crippen molar-refractivity contribution in [1.29, 1.82) is 0 Å². The number of fused-ring (bicyclic) bond motifs is 12. The molecule has 0 spiro atoms. The summed E-state index contributed by atoms with van der Waals surface area (Å²) in [6.07, 6.45) is 4.51. The van der Waals surface area contributed by atoms with E-state index in [-0.39, 0.29) is 10.8 Å². The lowest BCUT2D eigenvalue weighted by Crippen LogP contribution is -2.15. The Morgan fingerprint density at radius 3 is 1.17 bits per heavy atom. The highest BCUT2D eigenvalue weighted by Crippen LogP contribution is 2.53. The number of benzene rings is 11. The van der Waals surface area contributed by atoms with Gasteiger partial charge in [-0.3, -0.25) is 0 Å². The second kappa shape index (κ2) is 16.9. The van der Waals surface area contributed by atoms with Gasteiger partial charge in [0.15, 0.2) is 0 Å². The van der Waals surface area contributed by atoms with E-state index < -0.39 is 0 Å². The van der Waals surface area contributed by atoms with Gasteiger partial charge in [0.05, 0.1) is 22.1 Å². The van der Waals surface area contributed by atoms with Crippen molar-refractivity contribution in [3.05, 3.63) is 276 Å². The zero-order valence-corrected chi connectivity index (χ0v) is 44.1. The van der Waals surface area contributed by atoms with E-state index in [1.807, 2.05) is 0 Å². The molecule has 2 nitrogen and oxygen atoms in total. The van der Waals surface area contributed by atoms with Crippen LogP contribution in [0.5, 0.6) is 0 Å². The van der Waals surface area contributed by atoms with Crippen molar-refractivity contribution in [3.63, 3.8) is 0 Å². The summed E-state index contributed by atoms with van der Waals surface area (Å²) >= 11 is 0. The van der Waals surface area contributed by atoms with E-state index in [0.29, 0.717) is 0 Å². The second-order valence-electron chi connectivity index (χ2n) is 22.6. The zero-order chi connectivity index (χ0) is 51.7. The summed E-state index contributed by atoms with van der Waals surface area (Å²) in [5.41, 5.74) is 28.9. The fourth-order valence-electron chi connectivity index (χ4n) is 13.2. The zero-order valence-electron chi connectivity index (χ0n) is 44.1. The van der Waals surface area contributed by atoms with Crippen LogP contribution in [0.4, 0.5) is 0 Å². The number of para-hydroxylation sites is 3. The second-order valence-corrected chi connectivity index (χ2v) is 22.6. The number of hydrogen-bond donors (Lipinski definition) is 0. The van der Waals surface area contributed by atoms with Crippen LogP contribution in [0.1, 0.15) is 66.6 Å². The number of aromatic nitrogens is 2. The van der Waals surface area contributed by atoms with Gasteiger partial charge in [0, 0.05) is 43.7 Å². The Hall–Kier alpha value is -9.24. The van der Waals surface area contributed by atoms with Crippen LogP contribution in [-0.4, -0.2) is 9.13 Å². The van der Waals surface area contributed by atoms with Gasteiger partial charge in [-0.05, 0) is 175 Å². The van der Waals surface area contributed by atoms with Gasteiger partial charge in [-0.1, -0.05) is 203 Å². The third-order valence-corrected chi connectivity index (χ3v) is 17.4. The Bertz CT molecular complexity index is 4590. The number of nitrogens with zero attached hydrogens (tertiary/aromatic N) is 2. The molecule has 0 aliphatic heterocycles. The summed E-state index contributed by atoms with van der Waals surface area (Å²) in [6, 6.07) is 88.5. The van der Waals surface area contributed by atoms with Gasteiger partial charge in [-0.2, -0.15) is 0 Å². The van der Waals surface area contributed by atoms with E-state index in [2.05, 4.69) is 292 Å². The smallest absolute Gasteiger partial charge is 0.0541 e. The van der Waals surface area contributed by atoms with Crippen molar-refractivity contribution < 1.29 is 0 Å². The topological polar surface area (TPSA) is 9.86 Å². The van der Waals surface area contributed by atoms with Crippen molar-refractivity contribution in [1.82, 2.24) is 9.13 Å². The summed E-state index contributed by atoms with van der Waals surface area (Å²) in [6.45, 7) is 11.7. The minimum absolute atomic E-state index is 0.151. The van der Waals surface area contributed by atoms with Crippen LogP contribution in [0.25, 0.3) is 123 Å². The highest BCUT2D eigenvalue weighted by atomic mass is 15.0. The Balaban J connectivity index is 0.683. The molecule has 2 aromatic heterocycles. The quantitative estimate of drug-likeness (QED) is 0.141. The molecule has 0 atom stereocenters. The SMILES string of the molecule is Cc1ccc(-n2c3ccccc3c3cc(-c4ccc5c(c4)C(C)(C)c4cc(-c6ccc7c(c6)C(C)(C)c6cc(C=Cc8ccc(-c9ccc%10c(c9)c9ccccc9n%10-c9ccccc9)cc8)ccc6-7)ccc4-5)ccc32)cc1. The minimum Gasteiger partial charge on any atom is -0.309 e. The fraction of sp³-hybridized carbons (Fsp3) is 0.0933. The lowest BCUT2D eigenvalue weighted by molar-refractivity contribution is 0.659. The van der Waals surface area contributed by atoms with Crippen molar-refractivity contribution in [2.75, 3.05) is 0 Å². The first-order valence-electron chi connectivity index (χ1n) is 27.1. The van der Waals surface area contributed by atoms with Crippen LogP contribution in [0.2, 0.25) is 0 Å². The first kappa shape index (κ1) is 45.2. The molecule has 15 rings (SSSR count). The molecule has 2 aliphatic rings. The van der Waals surface area contributed by atoms with E-state index in [1.165, 1.54) is 150 Å². The average molecular weight is 985 g/mol. The average Bonchev–Trinajstić information content (AvgIpc) is 4.31. The van der Waals surface area contributed by atoms with Crippen LogP contribution >= 0.6 is 0 Å². The molecule has 13 aromatic rings. The molecule has 2 heteroatoms. The maximum Gasteiger partial charge on any atom is 0.0541 e. The first-order valence-corrected chi connectivity index (χ1v) is 27.1. The number of hydrogen-bond acceptors (Lipinski definition) is 0. The van der Waals surface area contributed by atoms with Gasteiger partial charge in [0.1, 0.15) is 0 Å². The van der Waals surface area contributed by atoms with Crippen molar-refractivity contribution >= 4 is 55.8 Å². The van der Waals surface area contributed by atoms with Crippen molar-refractivity contribution in [2.45, 2.75) is 45.4 Å². The largest absolute Gasteiger partial charge is 0.309 e. The summed E-state index contributed by atoms with van der Waals surface area (Å²) in [4.78, 5) is 0. The monoisotopic (exact) mass is 984 g/mol. The Morgan fingerprint density at radius 1 is 0.286 bits per heavy atom. The van der Waals surface area contributed by atoms with E-state index >= 15 is 0 Å². The van der Waals surface area contributed by atoms with E-state index in [0.717, 1.165) is 0 Å². The van der Waals surface area contributed by atoms with Crippen molar-refractivity contribution in [3.8, 4) is 67.0 Å². The molecule has 0 fully saturated rings. The molecule has 0 N–H and O–H groups in total. The molecular formula is C75H56N2. The van der Waals surface area contributed by atoms with Gasteiger partial charge in [-0.25, -0.2) is 0 Å². The maximum absolute atomic E-state index is 2.47. The Morgan fingerprint density at radius 2 is 0.649 bits per heavy atom. The molecule has 0 bridgehead atoms. The molecule has 2 heterocycles. The molecule has 0 saturated heterocycles. The fourth-order valence-corrected chi connectivity index (χ4v) is 13.2. The number of rotatable bonds is 7. The predicted octanol–water partition coefficient (Wildman–Crippen LogP) is 20.0. The summed E-state index contributed by atoms with van der Waals surface area (Å²) < 4.78 is 4.77. The molecule has 0 saturated carbocycles. The van der Waals surface area contributed by atoms with Gasteiger partial charge < -0.3 is 9.13 Å². The van der Waals surface area contributed by atoms with Crippen LogP contribution in [-0.2, 0) is 10.8 Å². The molecular weight excluding hydrogens is 929 g/mol. The molecule has 0 amide bonds. The van der Waals surface area contributed by atoms with Gasteiger partial charge in [0.2, 0.25) is 0 Å². The summed E-state index contributed by atoms with van der Waals surface area (Å²) in [5, 5.41) is 5.08. The van der Waals surface area contributed by atoms with E-state index in [4.69, 9.17) is 0 Å². The Labute approximate surface area is 450 Å². The van der Waals surface area contributed by atoms with Crippen molar-refractivity contribution in [2.24, 2.45) is 0 Å². The summed E-state index contributed by atoms with van der Waals surface area (Å²) in [7, 11) is 0. The maximum atomic E-state index is 2.47. The highest BCUT2D eigenvalue weighted by molar-refractivity contribution is 6.12. The molecule has 366 valence electrons. The highest BCUT2D eigenvalue weighted by Gasteiger charge is 2.38. The van der Waals surface area contributed by atoms with Gasteiger partial charge >= 0.3 is 0 Å². The Kier molecular flexibility index (Phi) is 9.91. The first-order chi connectivity index (χ1) is 37.6. The third-order valence-electron chi connectivity index (χ3n) is 17.4. The van der Waals surface area contributed by atoms with Gasteiger partial charge in [0.25, 0.3) is 0 Å². The molecule has 0 unspecified atom stereocenters. The standard InChI is InChI=1S/C75H56N2/c1-47-19-33-57(34-20-47)77-71-18-12-10-16-63(71)65-43-52(32-40-73(65)77)53-28-36-60-61-38-30-55(46-69(61)75(4,5)68(60)44-53)54-29-37-59-58-35-25-49(41-66(58)74(2,3)67(59)45-54)22-21-48-23-26-50(27-24-48)51-31-39-72-64(42-51)62-15-9-11-17-70(62)76(72)56-13-7-6-8-14-56/h6-46H,1-5H3. The van der Waals surface area contributed by atoms with Crippen LogP contribution in [0.15, 0.2) is 237 Å².